The first kappa shape index (κ1) is 15.4. The van der Waals surface area contributed by atoms with Gasteiger partial charge < -0.3 is 15.2 Å². The Morgan fingerprint density at radius 2 is 1.62 bits per heavy atom. The van der Waals surface area contributed by atoms with E-state index >= 15 is 0 Å². The lowest BCUT2D eigenvalue weighted by atomic mass is 10.2. The molecule has 0 unspecified atom stereocenters. The maximum Gasteiger partial charge on any atom is 0.0716 e. The zero-order valence-electron chi connectivity index (χ0n) is 9.43. The Morgan fingerprint density at radius 1 is 0.938 bits per heavy atom. The van der Waals surface area contributed by atoms with Crippen LogP contribution in [0.4, 0.5) is 0 Å². The summed E-state index contributed by atoms with van der Waals surface area (Å²) in [6.07, 6.45) is 0.923. The van der Waals surface area contributed by atoms with Gasteiger partial charge in [0, 0.05) is 19.8 Å². The molecular formula is C12H20ClNO2. The molecule has 0 spiro atoms. The summed E-state index contributed by atoms with van der Waals surface area (Å²) in [7, 11) is 0. The normalized spacial score (nSPS) is 9.81. The van der Waals surface area contributed by atoms with Crippen LogP contribution in [0.5, 0.6) is 0 Å². The van der Waals surface area contributed by atoms with Crippen molar-refractivity contribution in [3.8, 4) is 0 Å². The third-order valence-corrected chi connectivity index (χ3v) is 1.95. The number of hydrogen-bond donors (Lipinski definition) is 1. The van der Waals surface area contributed by atoms with E-state index in [0.29, 0.717) is 19.8 Å². The summed E-state index contributed by atoms with van der Waals surface area (Å²) in [5, 5.41) is 0. The Bertz CT molecular complexity index is 244. The average Bonchev–Trinajstić information content (AvgIpc) is 2.29. The van der Waals surface area contributed by atoms with Crippen LogP contribution in [0.2, 0.25) is 0 Å². The van der Waals surface area contributed by atoms with Crippen LogP contribution in [-0.2, 0) is 16.1 Å². The van der Waals surface area contributed by atoms with E-state index in [2.05, 4.69) is 12.1 Å². The Morgan fingerprint density at radius 3 is 2.31 bits per heavy atom. The SMILES string of the molecule is Cl.NCCOCCCOCc1ccccc1. The second-order valence-corrected chi connectivity index (χ2v) is 3.29. The van der Waals surface area contributed by atoms with Gasteiger partial charge in [-0.1, -0.05) is 30.3 Å². The molecule has 0 aliphatic carbocycles. The topological polar surface area (TPSA) is 44.5 Å². The second-order valence-electron chi connectivity index (χ2n) is 3.29. The Hall–Kier alpha value is -0.610. The zero-order chi connectivity index (χ0) is 10.8. The van der Waals surface area contributed by atoms with Gasteiger partial charge in [-0.2, -0.15) is 0 Å². The van der Waals surface area contributed by atoms with Crippen LogP contribution in [0.1, 0.15) is 12.0 Å². The van der Waals surface area contributed by atoms with Gasteiger partial charge in [-0.05, 0) is 12.0 Å². The molecule has 1 aromatic carbocycles. The van der Waals surface area contributed by atoms with Gasteiger partial charge in [-0.3, -0.25) is 0 Å². The van der Waals surface area contributed by atoms with E-state index in [-0.39, 0.29) is 12.4 Å². The molecule has 0 saturated carbocycles. The number of halogens is 1. The smallest absolute Gasteiger partial charge is 0.0716 e. The third-order valence-electron chi connectivity index (χ3n) is 1.95. The monoisotopic (exact) mass is 245 g/mol. The summed E-state index contributed by atoms with van der Waals surface area (Å²) in [4.78, 5) is 0. The van der Waals surface area contributed by atoms with E-state index in [4.69, 9.17) is 15.2 Å². The summed E-state index contributed by atoms with van der Waals surface area (Å²) in [6, 6.07) is 10.2. The molecule has 1 aromatic rings. The molecule has 0 aliphatic rings. The fourth-order valence-corrected chi connectivity index (χ4v) is 1.21. The van der Waals surface area contributed by atoms with Crippen molar-refractivity contribution in [1.29, 1.82) is 0 Å². The van der Waals surface area contributed by atoms with Gasteiger partial charge in [0.05, 0.1) is 13.2 Å². The highest BCUT2D eigenvalue weighted by Crippen LogP contribution is 2.00. The average molecular weight is 246 g/mol. The maximum atomic E-state index is 5.49. The highest BCUT2D eigenvalue weighted by atomic mass is 35.5. The number of nitrogens with two attached hydrogens (primary N) is 1. The summed E-state index contributed by atoms with van der Waals surface area (Å²) in [5.74, 6) is 0. The van der Waals surface area contributed by atoms with Gasteiger partial charge in [0.1, 0.15) is 0 Å². The number of benzene rings is 1. The molecular weight excluding hydrogens is 226 g/mol. The van der Waals surface area contributed by atoms with Crippen molar-refractivity contribution in [3.05, 3.63) is 35.9 Å². The van der Waals surface area contributed by atoms with E-state index in [9.17, 15) is 0 Å². The number of hydrogen-bond acceptors (Lipinski definition) is 3. The first-order chi connectivity index (χ1) is 7.43. The van der Waals surface area contributed by atoms with Crippen LogP contribution >= 0.6 is 12.4 Å². The van der Waals surface area contributed by atoms with Gasteiger partial charge in [0.15, 0.2) is 0 Å². The van der Waals surface area contributed by atoms with Gasteiger partial charge >= 0.3 is 0 Å². The maximum absolute atomic E-state index is 5.49. The number of rotatable bonds is 8. The molecule has 0 saturated heterocycles. The first-order valence-corrected chi connectivity index (χ1v) is 5.33. The largest absolute Gasteiger partial charge is 0.380 e. The summed E-state index contributed by atoms with van der Waals surface area (Å²) in [5.41, 5.74) is 6.50. The molecule has 0 aromatic heterocycles. The summed E-state index contributed by atoms with van der Waals surface area (Å²) >= 11 is 0. The van der Waals surface area contributed by atoms with Crippen molar-refractivity contribution in [1.82, 2.24) is 0 Å². The Balaban J connectivity index is 0.00000225. The van der Waals surface area contributed by atoms with Gasteiger partial charge in [-0.25, -0.2) is 0 Å². The molecule has 0 fully saturated rings. The van der Waals surface area contributed by atoms with Crippen molar-refractivity contribution in [2.75, 3.05) is 26.4 Å². The quantitative estimate of drug-likeness (QED) is 0.713. The fourth-order valence-electron chi connectivity index (χ4n) is 1.21. The van der Waals surface area contributed by atoms with Crippen molar-refractivity contribution in [2.45, 2.75) is 13.0 Å². The standard InChI is InChI=1S/C12H19NO2.ClH/c13-7-10-14-8-4-9-15-11-12-5-2-1-3-6-12;/h1-3,5-6H,4,7-11,13H2;1H. The third kappa shape index (κ3) is 7.65. The van der Waals surface area contributed by atoms with Crippen LogP contribution in [0, 0.1) is 0 Å². The number of ether oxygens (including phenoxy) is 2. The molecule has 0 bridgehead atoms. The van der Waals surface area contributed by atoms with E-state index in [1.807, 2.05) is 18.2 Å². The van der Waals surface area contributed by atoms with Crippen molar-refractivity contribution >= 4 is 12.4 Å². The molecule has 4 heteroatoms. The minimum atomic E-state index is 0. The molecule has 1 rings (SSSR count). The Labute approximate surface area is 103 Å². The molecule has 16 heavy (non-hydrogen) atoms. The second kappa shape index (κ2) is 10.9. The van der Waals surface area contributed by atoms with Crippen LogP contribution in [0.3, 0.4) is 0 Å². The highest BCUT2D eigenvalue weighted by Gasteiger charge is 1.92. The van der Waals surface area contributed by atoms with Crippen molar-refractivity contribution in [3.63, 3.8) is 0 Å². The minimum Gasteiger partial charge on any atom is -0.380 e. The lowest BCUT2D eigenvalue weighted by Crippen LogP contribution is -2.10. The molecule has 0 aliphatic heterocycles. The van der Waals surface area contributed by atoms with E-state index in [1.54, 1.807) is 0 Å². The van der Waals surface area contributed by atoms with Crippen molar-refractivity contribution in [2.24, 2.45) is 5.73 Å². The zero-order valence-corrected chi connectivity index (χ0v) is 10.2. The van der Waals surface area contributed by atoms with Crippen LogP contribution < -0.4 is 5.73 Å². The predicted octanol–water partition coefficient (Wildman–Crippen LogP) is 1.99. The minimum absolute atomic E-state index is 0. The molecule has 2 N–H and O–H groups in total. The predicted molar refractivity (Wildman–Crippen MR) is 67.8 cm³/mol. The van der Waals surface area contributed by atoms with Crippen LogP contribution in [-0.4, -0.2) is 26.4 Å². The first-order valence-electron chi connectivity index (χ1n) is 5.33. The van der Waals surface area contributed by atoms with Gasteiger partial charge in [0.25, 0.3) is 0 Å². The lowest BCUT2D eigenvalue weighted by Gasteiger charge is -2.04. The molecule has 0 amide bonds. The summed E-state index contributed by atoms with van der Waals surface area (Å²) < 4.78 is 10.7. The molecule has 0 atom stereocenters. The molecule has 3 nitrogen and oxygen atoms in total. The Kier molecular flexibility index (Phi) is 10.5. The van der Waals surface area contributed by atoms with Crippen LogP contribution in [0.25, 0.3) is 0 Å². The van der Waals surface area contributed by atoms with E-state index in [0.717, 1.165) is 19.6 Å². The molecule has 0 heterocycles. The molecule has 0 radical (unpaired) electrons. The molecule has 92 valence electrons. The van der Waals surface area contributed by atoms with Crippen LogP contribution in [0.15, 0.2) is 30.3 Å². The van der Waals surface area contributed by atoms with Gasteiger partial charge in [0.2, 0.25) is 0 Å². The van der Waals surface area contributed by atoms with Gasteiger partial charge in [-0.15, -0.1) is 12.4 Å². The lowest BCUT2D eigenvalue weighted by molar-refractivity contribution is 0.0783. The van der Waals surface area contributed by atoms with E-state index < -0.39 is 0 Å². The summed E-state index contributed by atoms with van der Waals surface area (Å²) in [6.45, 7) is 3.37. The fraction of sp³-hybridized carbons (Fsp3) is 0.500. The van der Waals surface area contributed by atoms with E-state index in [1.165, 1.54) is 5.56 Å². The van der Waals surface area contributed by atoms with Crippen molar-refractivity contribution < 1.29 is 9.47 Å². The highest BCUT2D eigenvalue weighted by molar-refractivity contribution is 5.85.